The summed E-state index contributed by atoms with van der Waals surface area (Å²) in [6, 6.07) is 12.8. The van der Waals surface area contributed by atoms with Crippen molar-refractivity contribution < 1.29 is 19.4 Å². The average molecular weight is 442 g/mol. The van der Waals surface area contributed by atoms with E-state index in [0.717, 1.165) is 22.6 Å². The molecule has 0 radical (unpaired) electrons. The number of piperidine rings is 1. The summed E-state index contributed by atoms with van der Waals surface area (Å²) in [5, 5.41) is 17.4. The summed E-state index contributed by atoms with van der Waals surface area (Å²) in [5.41, 5.74) is 2.29. The van der Waals surface area contributed by atoms with Crippen molar-refractivity contribution in [2.24, 2.45) is 5.10 Å². The zero-order valence-corrected chi connectivity index (χ0v) is 18.0. The second kappa shape index (κ2) is 7.64. The van der Waals surface area contributed by atoms with Gasteiger partial charge in [-0.3, -0.25) is 0 Å². The molecule has 1 atom stereocenters. The number of hydrazone groups is 1. The summed E-state index contributed by atoms with van der Waals surface area (Å²) >= 11 is 6.30. The van der Waals surface area contributed by atoms with E-state index in [4.69, 9.17) is 26.2 Å². The number of hydrogen-bond acceptors (Lipinski definition) is 6. The van der Waals surface area contributed by atoms with Gasteiger partial charge in [0.15, 0.2) is 0 Å². The minimum absolute atomic E-state index is 0.000367. The molecule has 0 aliphatic carbocycles. The van der Waals surface area contributed by atoms with Gasteiger partial charge in [0.1, 0.15) is 11.5 Å². The molecule has 0 aromatic heterocycles. The Morgan fingerprint density at radius 2 is 2.00 bits per heavy atom. The van der Waals surface area contributed by atoms with Gasteiger partial charge in [-0.1, -0.05) is 11.6 Å². The van der Waals surface area contributed by atoms with Gasteiger partial charge in [0.2, 0.25) is 5.72 Å². The number of carbonyl (C=O) groups is 1. The maximum absolute atomic E-state index is 12.2. The van der Waals surface area contributed by atoms with Gasteiger partial charge >= 0.3 is 6.09 Å². The maximum Gasteiger partial charge on any atom is 0.409 e. The predicted octanol–water partition coefficient (Wildman–Crippen LogP) is 4.54. The van der Waals surface area contributed by atoms with Gasteiger partial charge < -0.3 is 19.5 Å². The van der Waals surface area contributed by atoms with Crippen molar-refractivity contribution in [1.29, 1.82) is 0 Å². The highest BCUT2D eigenvalue weighted by Crippen LogP contribution is 2.50. The molecule has 2 aromatic carbocycles. The van der Waals surface area contributed by atoms with Crippen LogP contribution in [0.2, 0.25) is 5.02 Å². The number of likely N-dealkylation sites (tertiary alicyclic amines) is 1. The molecule has 3 aliphatic rings. The Hall–Kier alpha value is -2.93. The third-order valence-electron chi connectivity index (χ3n) is 6.23. The molecular formula is C23H24ClN3O4. The van der Waals surface area contributed by atoms with Crippen LogP contribution in [0.25, 0.3) is 0 Å². The molecule has 1 spiro atoms. The molecule has 0 bridgehead atoms. The fourth-order valence-corrected chi connectivity index (χ4v) is 4.85. The van der Waals surface area contributed by atoms with Crippen LogP contribution in [-0.2, 0) is 4.74 Å². The lowest BCUT2D eigenvalue weighted by atomic mass is 9.91. The molecule has 1 N–H and O–H groups in total. The second-order valence-corrected chi connectivity index (χ2v) is 8.51. The first-order chi connectivity index (χ1) is 15.0. The lowest BCUT2D eigenvalue weighted by Gasteiger charge is -2.51. The quantitative estimate of drug-likeness (QED) is 0.740. The van der Waals surface area contributed by atoms with E-state index in [1.807, 2.05) is 37.3 Å². The van der Waals surface area contributed by atoms with Crippen molar-refractivity contribution in [2.45, 2.75) is 38.0 Å². The Morgan fingerprint density at radius 1 is 1.26 bits per heavy atom. The van der Waals surface area contributed by atoms with Crippen molar-refractivity contribution in [3.63, 3.8) is 0 Å². The zero-order chi connectivity index (χ0) is 21.6. The summed E-state index contributed by atoms with van der Waals surface area (Å²) in [7, 11) is 0. The van der Waals surface area contributed by atoms with Crippen LogP contribution in [0.1, 0.15) is 43.4 Å². The highest BCUT2D eigenvalue weighted by molar-refractivity contribution is 6.30. The summed E-state index contributed by atoms with van der Waals surface area (Å²) in [6.45, 7) is 3.24. The van der Waals surface area contributed by atoms with E-state index in [0.29, 0.717) is 44.0 Å². The van der Waals surface area contributed by atoms with E-state index in [1.165, 1.54) is 0 Å². The number of halogens is 1. The first-order valence-corrected chi connectivity index (χ1v) is 10.9. The largest absolute Gasteiger partial charge is 0.508 e. The minimum Gasteiger partial charge on any atom is -0.508 e. The van der Waals surface area contributed by atoms with Crippen LogP contribution in [0, 0.1) is 0 Å². The number of rotatable bonds is 2. The smallest absolute Gasteiger partial charge is 0.409 e. The van der Waals surface area contributed by atoms with E-state index in [1.54, 1.807) is 17.0 Å². The van der Waals surface area contributed by atoms with Crippen LogP contribution in [0.5, 0.6) is 11.5 Å². The number of aromatic hydroxyl groups is 1. The third-order valence-corrected chi connectivity index (χ3v) is 6.47. The number of amides is 1. The first kappa shape index (κ1) is 20.0. The lowest BCUT2D eigenvalue weighted by Crippen LogP contribution is -2.59. The highest BCUT2D eigenvalue weighted by atomic mass is 35.5. The minimum atomic E-state index is -0.632. The van der Waals surface area contributed by atoms with E-state index < -0.39 is 5.72 Å². The number of phenolic OH excluding ortho intramolecular Hbond substituents is 1. The molecule has 162 valence electrons. The fraction of sp³-hybridized carbons (Fsp3) is 0.391. The Labute approximate surface area is 185 Å². The van der Waals surface area contributed by atoms with Gasteiger partial charge in [0.25, 0.3) is 0 Å². The number of hydrogen-bond donors (Lipinski definition) is 1. The van der Waals surface area contributed by atoms with Crippen LogP contribution < -0.4 is 4.74 Å². The molecule has 1 amide bonds. The molecule has 0 saturated carbocycles. The van der Waals surface area contributed by atoms with Gasteiger partial charge in [-0.15, -0.1) is 0 Å². The molecule has 2 aromatic rings. The summed E-state index contributed by atoms with van der Waals surface area (Å²) in [6.07, 6.45) is 1.67. The van der Waals surface area contributed by atoms with Crippen molar-refractivity contribution in [3.8, 4) is 11.5 Å². The van der Waals surface area contributed by atoms with Gasteiger partial charge in [-0.25, -0.2) is 9.80 Å². The second-order valence-electron chi connectivity index (χ2n) is 8.07. The van der Waals surface area contributed by atoms with Crippen LogP contribution in [-0.4, -0.2) is 52.2 Å². The molecule has 0 unspecified atom stereocenters. The topological polar surface area (TPSA) is 74.6 Å². The normalized spacial score (nSPS) is 21.2. The van der Waals surface area contributed by atoms with Crippen LogP contribution in [0.15, 0.2) is 47.6 Å². The molecular weight excluding hydrogens is 418 g/mol. The van der Waals surface area contributed by atoms with Crippen molar-refractivity contribution in [1.82, 2.24) is 9.91 Å². The van der Waals surface area contributed by atoms with E-state index >= 15 is 0 Å². The Bertz CT molecular complexity index is 1030. The lowest BCUT2D eigenvalue weighted by molar-refractivity contribution is -0.147. The molecule has 3 heterocycles. The molecule has 3 aliphatic heterocycles. The number of nitrogens with zero attached hydrogens (tertiary/aromatic N) is 3. The van der Waals surface area contributed by atoms with Crippen LogP contribution >= 0.6 is 11.6 Å². The van der Waals surface area contributed by atoms with Gasteiger partial charge in [0, 0.05) is 42.9 Å². The number of phenols is 1. The van der Waals surface area contributed by atoms with Gasteiger partial charge in [-0.2, -0.15) is 5.10 Å². The van der Waals surface area contributed by atoms with Crippen LogP contribution in [0.3, 0.4) is 0 Å². The maximum atomic E-state index is 12.2. The number of fused-ring (bicyclic) bond motifs is 4. The predicted molar refractivity (Wildman–Crippen MR) is 116 cm³/mol. The summed E-state index contributed by atoms with van der Waals surface area (Å²) in [4.78, 5) is 13.9. The van der Waals surface area contributed by atoms with E-state index in [-0.39, 0.29) is 17.9 Å². The molecule has 31 heavy (non-hydrogen) atoms. The van der Waals surface area contributed by atoms with Crippen LogP contribution in [0.4, 0.5) is 4.79 Å². The zero-order valence-electron chi connectivity index (χ0n) is 17.3. The Balaban J connectivity index is 1.49. The molecule has 7 nitrogen and oxygen atoms in total. The molecule has 8 heteroatoms. The summed E-state index contributed by atoms with van der Waals surface area (Å²) < 4.78 is 11.7. The molecule has 5 rings (SSSR count). The Morgan fingerprint density at radius 3 is 2.71 bits per heavy atom. The average Bonchev–Trinajstić information content (AvgIpc) is 3.23. The number of benzene rings is 2. The number of ether oxygens (including phenoxy) is 2. The molecule has 1 fully saturated rings. The fourth-order valence-electron chi connectivity index (χ4n) is 4.67. The van der Waals surface area contributed by atoms with Crippen molar-refractivity contribution in [2.75, 3.05) is 19.7 Å². The van der Waals surface area contributed by atoms with Crippen molar-refractivity contribution >= 4 is 23.4 Å². The van der Waals surface area contributed by atoms with E-state index in [9.17, 15) is 9.90 Å². The monoisotopic (exact) mass is 441 g/mol. The van der Waals surface area contributed by atoms with E-state index in [2.05, 4.69) is 5.01 Å². The van der Waals surface area contributed by atoms with Gasteiger partial charge in [-0.05, 0) is 55.0 Å². The van der Waals surface area contributed by atoms with Gasteiger partial charge in [0.05, 0.1) is 18.4 Å². The number of carbonyl (C=O) groups excluding carboxylic acids is 1. The summed E-state index contributed by atoms with van der Waals surface area (Å²) in [5.74, 6) is 1.04. The standard InChI is InChI=1S/C23H24ClN3O4/c1-2-30-22(29)26-11-9-23(10-12-26)27-20(18-13-16(24)5-8-21(18)31-23)14-19(25-27)15-3-6-17(28)7-4-15/h3-8,13,20,28H,2,9-12,14H2,1H3/t20-/m0/s1. The third kappa shape index (κ3) is 3.47. The first-order valence-electron chi connectivity index (χ1n) is 10.6. The highest BCUT2D eigenvalue weighted by Gasteiger charge is 2.52. The van der Waals surface area contributed by atoms with Crippen molar-refractivity contribution in [3.05, 3.63) is 58.6 Å². The Kier molecular flexibility index (Phi) is 4.93. The SMILES string of the molecule is CCOC(=O)N1CCC2(CC1)Oc1ccc(Cl)cc1[C@@H]1CC(c3ccc(O)cc3)=NN12. The molecule has 1 saturated heterocycles.